The van der Waals surface area contributed by atoms with E-state index in [1.807, 2.05) is 0 Å². The number of aliphatic imine (C=N–C) groups is 1. The van der Waals surface area contributed by atoms with Crippen molar-refractivity contribution < 1.29 is 9.90 Å². The van der Waals surface area contributed by atoms with Crippen LogP contribution in [-0.4, -0.2) is 23.6 Å². The molecule has 0 aromatic rings. The minimum absolute atomic E-state index is 0. The average molecular weight is 236 g/mol. The van der Waals surface area contributed by atoms with Crippen LogP contribution in [0.2, 0.25) is 0 Å². The largest absolute Gasteiger partial charge is 0.481 e. The maximum absolute atomic E-state index is 10.8. The Morgan fingerprint density at radius 1 is 1.40 bits per heavy atom. The van der Waals surface area contributed by atoms with Crippen molar-refractivity contribution in [1.29, 1.82) is 0 Å². The Hall–Kier alpha value is -0.970. The van der Waals surface area contributed by atoms with Crippen molar-refractivity contribution in [2.24, 2.45) is 28.3 Å². The highest BCUT2D eigenvalue weighted by Gasteiger charge is 2.26. The molecule has 1 fully saturated rings. The van der Waals surface area contributed by atoms with Gasteiger partial charge in [0.1, 0.15) is 0 Å². The number of halogens is 1. The fourth-order valence-electron chi connectivity index (χ4n) is 1.92. The highest BCUT2D eigenvalue weighted by Crippen LogP contribution is 2.29. The summed E-state index contributed by atoms with van der Waals surface area (Å²) in [4.78, 5) is 14.7. The van der Waals surface area contributed by atoms with E-state index >= 15 is 0 Å². The van der Waals surface area contributed by atoms with Crippen LogP contribution in [0.4, 0.5) is 0 Å². The Kier molecular flexibility index (Phi) is 6.08. The van der Waals surface area contributed by atoms with Crippen LogP contribution < -0.4 is 11.5 Å². The minimum Gasteiger partial charge on any atom is -0.481 e. The number of guanidine groups is 1. The van der Waals surface area contributed by atoms with Crippen LogP contribution in [0.3, 0.4) is 0 Å². The smallest absolute Gasteiger partial charge is 0.306 e. The predicted octanol–water partition coefficient (Wildman–Crippen LogP) is 0.573. The molecule has 0 unspecified atom stereocenters. The number of nitrogens with zero attached hydrogens (tertiary/aromatic N) is 1. The van der Waals surface area contributed by atoms with Gasteiger partial charge in [-0.3, -0.25) is 9.79 Å². The van der Waals surface area contributed by atoms with E-state index in [1.54, 1.807) is 0 Å². The van der Waals surface area contributed by atoms with E-state index in [4.69, 9.17) is 16.6 Å². The van der Waals surface area contributed by atoms with Gasteiger partial charge in [-0.25, -0.2) is 0 Å². The molecule has 0 aromatic heterocycles. The lowest BCUT2D eigenvalue weighted by atomic mass is 9.81. The summed E-state index contributed by atoms with van der Waals surface area (Å²) in [5.41, 5.74) is 10.4. The molecule has 1 aliphatic carbocycles. The van der Waals surface area contributed by atoms with Crippen molar-refractivity contribution in [3.8, 4) is 0 Å². The molecule has 5 nitrogen and oxygen atoms in total. The zero-order valence-corrected chi connectivity index (χ0v) is 9.37. The Balaban J connectivity index is 0.00000196. The van der Waals surface area contributed by atoms with Crippen molar-refractivity contribution in [1.82, 2.24) is 0 Å². The first-order chi connectivity index (χ1) is 6.59. The zero-order chi connectivity index (χ0) is 10.6. The molecule has 0 bridgehead atoms. The molecule has 0 heterocycles. The van der Waals surface area contributed by atoms with E-state index in [0.717, 1.165) is 19.3 Å². The van der Waals surface area contributed by atoms with Gasteiger partial charge in [0, 0.05) is 6.54 Å². The van der Waals surface area contributed by atoms with Crippen LogP contribution >= 0.6 is 12.4 Å². The normalized spacial score (nSPS) is 25.1. The third-order valence-electron chi connectivity index (χ3n) is 2.66. The molecule has 0 spiro atoms. The second kappa shape index (κ2) is 6.50. The Morgan fingerprint density at radius 2 is 2.07 bits per heavy atom. The quantitative estimate of drug-likeness (QED) is 0.492. The summed E-state index contributed by atoms with van der Waals surface area (Å²) in [5, 5.41) is 8.85. The van der Waals surface area contributed by atoms with E-state index in [-0.39, 0.29) is 24.3 Å². The maximum atomic E-state index is 10.8. The number of aliphatic carboxylic acids is 1. The van der Waals surface area contributed by atoms with Gasteiger partial charge in [0.05, 0.1) is 5.92 Å². The molecule has 0 aromatic carbocycles. The second-order valence-corrected chi connectivity index (χ2v) is 3.83. The van der Waals surface area contributed by atoms with Gasteiger partial charge in [0.15, 0.2) is 5.96 Å². The number of nitrogens with two attached hydrogens (primary N) is 2. The molecular formula is C9H18ClN3O2. The van der Waals surface area contributed by atoms with Gasteiger partial charge in [-0.05, 0) is 25.2 Å². The van der Waals surface area contributed by atoms with Crippen molar-refractivity contribution in [2.75, 3.05) is 6.54 Å². The van der Waals surface area contributed by atoms with Gasteiger partial charge in [0.25, 0.3) is 0 Å². The standard InChI is InChI=1S/C9H17N3O2.ClH/c10-9(11)12-5-6-2-1-3-7(4-6)8(13)14;/h6-7H,1-5H2,(H,13,14)(H4,10,11,12);1H/t6-,7+;/m0./s1. The molecule has 6 heteroatoms. The molecular weight excluding hydrogens is 218 g/mol. The summed E-state index contributed by atoms with van der Waals surface area (Å²) in [6.45, 7) is 0.562. The summed E-state index contributed by atoms with van der Waals surface area (Å²) >= 11 is 0. The van der Waals surface area contributed by atoms with E-state index in [0.29, 0.717) is 18.9 Å². The lowest BCUT2D eigenvalue weighted by Crippen LogP contribution is -2.27. The number of carbonyl (C=O) groups is 1. The maximum Gasteiger partial charge on any atom is 0.306 e. The summed E-state index contributed by atoms with van der Waals surface area (Å²) in [7, 11) is 0. The number of rotatable bonds is 3. The molecule has 0 aliphatic heterocycles. The van der Waals surface area contributed by atoms with Gasteiger partial charge in [-0.1, -0.05) is 6.42 Å². The lowest BCUT2D eigenvalue weighted by Gasteiger charge is -2.25. The zero-order valence-electron chi connectivity index (χ0n) is 8.56. The SMILES string of the molecule is Cl.NC(N)=NC[C@H]1CCC[C@@H](C(=O)O)C1. The number of hydrogen-bond donors (Lipinski definition) is 3. The molecule has 15 heavy (non-hydrogen) atoms. The summed E-state index contributed by atoms with van der Waals surface area (Å²) in [6, 6.07) is 0. The molecule has 0 radical (unpaired) electrons. The minimum atomic E-state index is -0.695. The number of carboxylic acids is 1. The summed E-state index contributed by atoms with van der Waals surface area (Å²) in [5.74, 6) is -0.489. The molecule has 5 N–H and O–H groups in total. The number of hydrogen-bond acceptors (Lipinski definition) is 2. The third kappa shape index (κ3) is 4.88. The van der Waals surface area contributed by atoms with Gasteiger partial charge in [-0.2, -0.15) is 0 Å². The first-order valence-corrected chi connectivity index (χ1v) is 4.87. The first-order valence-electron chi connectivity index (χ1n) is 4.87. The average Bonchev–Trinajstić information content (AvgIpc) is 2.15. The predicted molar refractivity (Wildman–Crippen MR) is 61.0 cm³/mol. The Morgan fingerprint density at radius 3 is 2.60 bits per heavy atom. The molecule has 2 atom stereocenters. The first kappa shape index (κ1) is 14.0. The van der Waals surface area contributed by atoms with Crippen molar-refractivity contribution in [2.45, 2.75) is 25.7 Å². The highest BCUT2D eigenvalue weighted by atomic mass is 35.5. The molecule has 0 amide bonds. The van der Waals surface area contributed by atoms with E-state index in [9.17, 15) is 4.79 Å². The molecule has 1 rings (SSSR count). The van der Waals surface area contributed by atoms with Crippen molar-refractivity contribution >= 4 is 24.3 Å². The van der Waals surface area contributed by atoms with E-state index in [1.165, 1.54) is 0 Å². The van der Waals surface area contributed by atoms with Crippen LogP contribution in [0.15, 0.2) is 4.99 Å². The monoisotopic (exact) mass is 235 g/mol. The van der Waals surface area contributed by atoms with Crippen LogP contribution in [0.1, 0.15) is 25.7 Å². The van der Waals surface area contributed by atoms with Crippen LogP contribution in [0.5, 0.6) is 0 Å². The van der Waals surface area contributed by atoms with Crippen molar-refractivity contribution in [3.05, 3.63) is 0 Å². The molecule has 1 aliphatic rings. The van der Waals surface area contributed by atoms with E-state index < -0.39 is 5.97 Å². The Labute approximate surface area is 95.3 Å². The van der Waals surface area contributed by atoms with Crippen LogP contribution in [-0.2, 0) is 4.79 Å². The molecule has 1 saturated carbocycles. The second-order valence-electron chi connectivity index (χ2n) is 3.83. The molecule has 0 saturated heterocycles. The summed E-state index contributed by atoms with van der Waals surface area (Å²) in [6.07, 6.45) is 3.47. The van der Waals surface area contributed by atoms with Crippen molar-refractivity contribution in [3.63, 3.8) is 0 Å². The summed E-state index contributed by atoms with van der Waals surface area (Å²) < 4.78 is 0. The topological polar surface area (TPSA) is 102 Å². The van der Waals surface area contributed by atoms with Crippen LogP contribution in [0, 0.1) is 11.8 Å². The van der Waals surface area contributed by atoms with Crippen LogP contribution in [0.25, 0.3) is 0 Å². The van der Waals surface area contributed by atoms with E-state index in [2.05, 4.69) is 4.99 Å². The fourth-order valence-corrected chi connectivity index (χ4v) is 1.92. The third-order valence-corrected chi connectivity index (χ3v) is 2.66. The number of carboxylic acid groups (broad SMARTS) is 1. The Bertz CT molecular complexity index is 242. The molecule has 88 valence electrons. The van der Waals surface area contributed by atoms with Gasteiger partial charge < -0.3 is 16.6 Å². The fraction of sp³-hybridized carbons (Fsp3) is 0.778. The highest BCUT2D eigenvalue weighted by molar-refractivity contribution is 5.85. The van der Waals surface area contributed by atoms with Gasteiger partial charge in [-0.15, -0.1) is 12.4 Å². The van der Waals surface area contributed by atoms with Gasteiger partial charge in [0.2, 0.25) is 0 Å². The lowest BCUT2D eigenvalue weighted by molar-refractivity contribution is -0.143. The van der Waals surface area contributed by atoms with Gasteiger partial charge >= 0.3 is 5.97 Å².